The lowest BCUT2D eigenvalue weighted by molar-refractivity contribution is 0.102. The summed E-state index contributed by atoms with van der Waals surface area (Å²) in [4.78, 5) is 16.9. The highest BCUT2D eigenvalue weighted by Gasteiger charge is 2.17. The molecule has 0 unspecified atom stereocenters. The molecule has 124 valence electrons. The Morgan fingerprint density at radius 1 is 1.24 bits per heavy atom. The van der Waals surface area contributed by atoms with Crippen molar-refractivity contribution in [2.45, 2.75) is 6.92 Å². The van der Waals surface area contributed by atoms with E-state index in [1.165, 1.54) is 6.20 Å². The third-order valence-corrected chi connectivity index (χ3v) is 3.79. The molecule has 0 aliphatic rings. The molecule has 7 heteroatoms. The predicted octanol–water partition coefficient (Wildman–Crippen LogP) is 2.74. The van der Waals surface area contributed by atoms with E-state index in [1.54, 1.807) is 43.0 Å². The summed E-state index contributed by atoms with van der Waals surface area (Å²) >= 11 is 0. The van der Waals surface area contributed by atoms with Gasteiger partial charge in [-0.1, -0.05) is 6.07 Å². The number of benzene rings is 1. The van der Waals surface area contributed by atoms with E-state index in [2.05, 4.69) is 26.8 Å². The molecule has 0 radical (unpaired) electrons. The molecule has 0 bridgehead atoms. The number of pyridine rings is 1. The van der Waals surface area contributed by atoms with E-state index in [-0.39, 0.29) is 5.91 Å². The van der Waals surface area contributed by atoms with Crippen molar-refractivity contribution in [2.75, 3.05) is 17.7 Å². The molecular formula is C18H16N6O. The minimum atomic E-state index is -0.300. The lowest BCUT2D eigenvalue weighted by Crippen LogP contribution is -2.14. The number of aromatic nitrogens is 3. The zero-order valence-corrected chi connectivity index (χ0v) is 13.8. The highest BCUT2D eigenvalue weighted by atomic mass is 16.1. The Morgan fingerprint density at radius 3 is 2.76 bits per heavy atom. The van der Waals surface area contributed by atoms with Gasteiger partial charge in [-0.15, -0.1) is 0 Å². The number of hydrogen-bond donors (Lipinski definition) is 2. The van der Waals surface area contributed by atoms with E-state index in [1.807, 2.05) is 18.2 Å². The van der Waals surface area contributed by atoms with Gasteiger partial charge in [-0.25, -0.2) is 9.67 Å². The molecule has 25 heavy (non-hydrogen) atoms. The van der Waals surface area contributed by atoms with E-state index >= 15 is 0 Å². The highest BCUT2D eigenvalue weighted by Crippen LogP contribution is 2.24. The van der Waals surface area contributed by atoms with E-state index < -0.39 is 0 Å². The first-order valence-corrected chi connectivity index (χ1v) is 7.63. The largest absolute Gasteiger partial charge is 0.386 e. The number of rotatable bonds is 4. The van der Waals surface area contributed by atoms with Crippen LogP contribution in [0.1, 0.15) is 21.6 Å². The zero-order chi connectivity index (χ0) is 17.8. The van der Waals surface area contributed by atoms with Crippen molar-refractivity contribution >= 4 is 17.3 Å². The van der Waals surface area contributed by atoms with Crippen molar-refractivity contribution in [3.05, 3.63) is 65.6 Å². The fourth-order valence-corrected chi connectivity index (χ4v) is 2.47. The Labute approximate surface area is 144 Å². The normalized spacial score (nSPS) is 10.1. The number of amides is 1. The van der Waals surface area contributed by atoms with Crippen LogP contribution in [0, 0.1) is 18.3 Å². The molecule has 0 saturated heterocycles. The fraction of sp³-hybridized carbons (Fsp3) is 0.111. The molecule has 1 amide bonds. The lowest BCUT2D eigenvalue weighted by Gasteiger charge is -2.11. The molecule has 0 atom stereocenters. The number of carbonyl (C=O) groups is 1. The number of hydrogen-bond acceptors (Lipinski definition) is 5. The molecule has 2 heterocycles. The number of nitrogens with zero attached hydrogens (tertiary/aromatic N) is 4. The van der Waals surface area contributed by atoms with Gasteiger partial charge in [0.05, 0.1) is 40.5 Å². The summed E-state index contributed by atoms with van der Waals surface area (Å²) in [5.41, 5.74) is 2.85. The molecule has 3 rings (SSSR count). The van der Waals surface area contributed by atoms with Crippen LogP contribution >= 0.6 is 0 Å². The van der Waals surface area contributed by atoms with Gasteiger partial charge in [0.1, 0.15) is 0 Å². The highest BCUT2D eigenvalue weighted by molar-refractivity contribution is 6.06. The summed E-state index contributed by atoms with van der Waals surface area (Å²) in [6, 6.07) is 12.6. The molecule has 2 aromatic heterocycles. The van der Waals surface area contributed by atoms with Crippen LogP contribution in [0.15, 0.2) is 48.8 Å². The second kappa shape index (κ2) is 6.84. The van der Waals surface area contributed by atoms with Crippen LogP contribution in [0.25, 0.3) is 5.82 Å². The summed E-state index contributed by atoms with van der Waals surface area (Å²) in [6.07, 6.45) is 3.18. The van der Waals surface area contributed by atoms with Crippen molar-refractivity contribution in [1.82, 2.24) is 14.8 Å². The molecule has 0 aliphatic carbocycles. The second-order valence-electron chi connectivity index (χ2n) is 5.32. The Bertz CT molecular complexity index is 955. The van der Waals surface area contributed by atoms with E-state index in [0.717, 1.165) is 5.69 Å². The fourth-order valence-electron chi connectivity index (χ4n) is 2.47. The SMILES string of the molecule is CNc1ccc(C#N)cc1NC(=O)c1cnn(-c2ccccn2)c1C. The second-order valence-corrected chi connectivity index (χ2v) is 5.32. The molecular weight excluding hydrogens is 316 g/mol. The average molecular weight is 332 g/mol. The summed E-state index contributed by atoms with van der Waals surface area (Å²) in [5.74, 6) is 0.340. The number of nitrogens with one attached hydrogen (secondary N) is 2. The molecule has 0 saturated carbocycles. The van der Waals surface area contributed by atoms with Crippen LogP contribution in [0.4, 0.5) is 11.4 Å². The van der Waals surface area contributed by atoms with Gasteiger partial charge in [0, 0.05) is 13.2 Å². The van der Waals surface area contributed by atoms with Crippen LogP contribution < -0.4 is 10.6 Å². The van der Waals surface area contributed by atoms with E-state index in [4.69, 9.17) is 5.26 Å². The first-order valence-electron chi connectivity index (χ1n) is 7.63. The lowest BCUT2D eigenvalue weighted by atomic mass is 10.1. The van der Waals surface area contributed by atoms with Crippen molar-refractivity contribution in [2.24, 2.45) is 0 Å². The Balaban J connectivity index is 1.91. The molecule has 2 N–H and O–H groups in total. The van der Waals surface area contributed by atoms with Crippen LogP contribution in [0.5, 0.6) is 0 Å². The van der Waals surface area contributed by atoms with Gasteiger partial charge in [0.25, 0.3) is 5.91 Å². The monoisotopic (exact) mass is 332 g/mol. The van der Waals surface area contributed by atoms with Gasteiger partial charge in [0.2, 0.25) is 0 Å². The van der Waals surface area contributed by atoms with Gasteiger partial charge in [-0.05, 0) is 37.3 Å². The van der Waals surface area contributed by atoms with Crippen molar-refractivity contribution < 1.29 is 4.79 Å². The maximum Gasteiger partial charge on any atom is 0.259 e. The predicted molar refractivity (Wildman–Crippen MR) is 94.8 cm³/mol. The topological polar surface area (TPSA) is 95.6 Å². The van der Waals surface area contributed by atoms with Crippen LogP contribution in [-0.4, -0.2) is 27.7 Å². The first-order chi connectivity index (χ1) is 12.1. The molecule has 0 aliphatic heterocycles. The number of nitriles is 1. The van der Waals surface area contributed by atoms with Gasteiger partial charge in [0.15, 0.2) is 5.82 Å². The zero-order valence-electron chi connectivity index (χ0n) is 13.8. The number of carbonyl (C=O) groups excluding carboxylic acids is 1. The summed E-state index contributed by atoms with van der Waals surface area (Å²) in [7, 11) is 1.75. The summed E-state index contributed by atoms with van der Waals surface area (Å²) in [6.45, 7) is 1.81. The minimum absolute atomic E-state index is 0.300. The minimum Gasteiger partial charge on any atom is -0.386 e. The maximum atomic E-state index is 12.7. The third-order valence-electron chi connectivity index (χ3n) is 3.79. The molecule has 3 aromatic rings. The molecule has 0 fully saturated rings. The van der Waals surface area contributed by atoms with Crippen LogP contribution in [-0.2, 0) is 0 Å². The maximum absolute atomic E-state index is 12.7. The summed E-state index contributed by atoms with van der Waals surface area (Å²) < 4.78 is 1.61. The smallest absolute Gasteiger partial charge is 0.259 e. The van der Waals surface area contributed by atoms with Gasteiger partial charge >= 0.3 is 0 Å². The van der Waals surface area contributed by atoms with E-state index in [9.17, 15) is 4.79 Å². The average Bonchev–Trinajstić information content (AvgIpc) is 3.04. The van der Waals surface area contributed by atoms with Crippen LogP contribution in [0.2, 0.25) is 0 Å². The Morgan fingerprint density at radius 2 is 2.08 bits per heavy atom. The standard InChI is InChI=1S/C18H16N6O/c1-12-14(11-22-24(12)17-5-3-4-8-21-17)18(25)23-16-9-13(10-19)6-7-15(16)20-2/h3-9,11,20H,1-2H3,(H,23,25). The molecule has 1 aromatic carbocycles. The van der Waals surface area contributed by atoms with Gasteiger partial charge < -0.3 is 10.6 Å². The molecule has 7 nitrogen and oxygen atoms in total. The Hall–Kier alpha value is -3.66. The third kappa shape index (κ3) is 3.19. The van der Waals surface area contributed by atoms with Crippen molar-refractivity contribution in [1.29, 1.82) is 5.26 Å². The van der Waals surface area contributed by atoms with Crippen molar-refractivity contribution in [3.8, 4) is 11.9 Å². The van der Waals surface area contributed by atoms with Gasteiger partial charge in [-0.2, -0.15) is 10.4 Å². The van der Waals surface area contributed by atoms with Crippen molar-refractivity contribution in [3.63, 3.8) is 0 Å². The van der Waals surface area contributed by atoms with Crippen LogP contribution in [0.3, 0.4) is 0 Å². The Kier molecular flexibility index (Phi) is 4.44. The molecule has 0 spiro atoms. The van der Waals surface area contributed by atoms with E-state index in [0.29, 0.717) is 28.3 Å². The quantitative estimate of drug-likeness (QED) is 0.766. The number of anilines is 2. The summed E-state index contributed by atoms with van der Waals surface area (Å²) in [5, 5.41) is 19.1. The first kappa shape index (κ1) is 16.2. The van der Waals surface area contributed by atoms with Gasteiger partial charge in [-0.3, -0.25) is 4.79 Å².